The molecule has 0 aliphatic carbocycles. The van der Waals surface area contributed by atoms with Crippen molar-refractivity contribution in [2.24, 2.45) is 0 Å². The second kappa shape index (κ2) is 7.13. The predicted octanol–water partition coefficient (Wildman–Crippen LogP) is 2.81. The lowest BCUT2D eigenvalue weighted by atomic mass is 9.90. The summed E-state index contributed by atoms with van der Waals surface area (Å²) < 4.78 is 13.4. The van der Waals surface area contributed by atoms with Gasteiger partial charge in [0.15, 0.2) is 5.13 Å². The highest BCUT2D eigenvalue weighted by atomic mass is 32.1. The normalized spacial score (nSPS) is 20.3. The van der Waals surface area contributed by atoms with Gasteiger partial charge in [-0.05, 0) is 49.5 Å². The fourth-order valence-corrected chi connectivity index (χ4v) is 4.49. The van der Waals surface area contributed by atoms with E-state index >= 15 is 0 Å². The SMILES string of the molecule is O=C1CC(C(=O)Nc2ncc(C3CCNCC3)s2)c2ccc(F)cc2N1. The minimum Gasteiger partial charge on any atom is -0.326 e. The summed E-state index contributed by atoms with van der Waals surface area (Å²) in [7, 11) is 0. The quantitative estimate of drug-likeness (QED) is 0.771. The number of nitrogens with one attached hydrogen (secondary N) is 3. The standard InChI is InChI=1S/C18H19FN4O2S/c19-11-1-2-12-13(8-16(24)22-14(12)7-11)17(25)23-18-21-9-15(26-18)10-3-5-20-6-4-10/h1-2,7,9-10,13,20H,3-6,8H2,(H,22,24)(H,21,23,25). The summed E-state index contributed by atoms with van der Waals surface area (Å²) >= 11 is 1.48. The highest BCUT2D eigenvalue weighted by Gasteiger charge is 2.31. The first-order chi connectivity index (χ1) is 12.6. The Morgan fingerprint density at radius 2 is 2.12 bits per heavy atom. The van der Waals surface area contributed by atoms with Gasteiger partial charge in [0.05, 0.1) is 5.92 Å². The van der Waals surface area contributed by atoms with E-state index in [-0.39, 0.29) is 18.2 Å². The molecule has 8 heteroatoms. The van der Waals surface area contributed by atoms with Gasteiger partial charge in [-0.3, -0.25) is 9.59 Å². The number of anilines is 2. The monoisotopic (exact) mass is 374 g/mol. The van der Waals surface area contributed by atoms with Crippen LogP contribution in [-0.2, 0) is 9.59 Å². The Kier molecular flexibility index (Phi) is 4.69. The molecular formula is C18H19FN4O2S. The first-order valence-corrected chi connectivity index (χ1v) is 9.48. The van der Waals surface area contributed by atoms with Crippen LogP contribution in [-0.4, -0.2) is 29.9 Å². The minimum absolute atomic E-state index is 0.0387. The van der Waals surface area contributed by atoms with E-state index in [1.165, 1.54) is 28.3 Å². The number of halogens is 1. The second-order valence-corrected chi connectivity index (χ2v) is 7.68. The molecule has 26 heavy (non-hydrogen) atoms. The zero-order valence-electron chi connectivity index (χ0n) is 14.0. The maximum Gasteiger partial charge on any atom is 0.234 e. The van der Waals surface area contributed by atoms with Gasteiger partial charge in [-0.1, -0.05) is 6.07 Å². The van der Waals surface area contributed by atoms with Gasteiger partial charge in [-0.2, -0.15) is 0 Å². The zero-order valence-corrected chi connectivity index (χ0v) is 14.9. The van der Waals surface area contributed by atoms with Crippen LogP contribution in [0.2, 0.25) is 0 Å². The van der Waals surface area contributed by atoms with Crippen molar-refractivity contribution in [3.63, 3.8) is 0 Å². The van der Waals surface area contributed by atoms with Crippen molar-refractivity contribution in [1.82, 2.24) is 10.3 Å². The lowest BCUT2D eigenvalue weighted by Crippen LogP contribution is -2.30. The molecule has 1 atom stereocenters. The van der Waals surface area contributed by atoms with Crippen molar-refractivity contribution >= 4 is 34.0 Å². The van der Waals surface area contributed by atoms with Crippen LogP contribution in [0.1, 0.15) is 41.5 Å². The smallest absolute Gasteiger partial charge is 0.234 e. The predicted molar refractivity (Wildman–Crippen MR) is 98.0 cm³/mol. The number of benzene rings is 1. The number of carbonyl (C=O) groups is 2. The average Bonchev–Trinajstić information content (AvgIpc) is 3.10. The van der Waals surface area contributed by atoms with E-state index in [9.17, 15) is 14.0 Å². The van der Waals surface area contributed by atoms with E-state index in [4.69, 9.17) is 0 Å². The molecule has 1 saturated heterocycles. The number of aromatic nitrogens is 1. The number of rotatable bonds is 3. The van der Waals surface area contributed by atoms with Gasteiger partial charge in [0.1, 0.15) is 5.82 Å². The molecule has 1 fully saturated rings. The summed E-state index contributed by atoms with van der Waals surface area (Å²) in [6.45, 7) is 1.99. The van der Waals surface area contributed by atoms with Crippen LogP contribution in [0.25, 0.3) is 0 Å². The maximum absolute atomic E-state index is 13.4. The molecule has 4 rings (SSSR count). The molecule has 1 aromatic heterocycles. The third-order valence-electron chi connectivity index (χ3n) is 4.87. The van der Waals surface area contributed by atoms with Crippen LogP contribution in [0.15, 0.2) is 24.4 Å². The molecule has 1 unspecified atom stereocenters. The number of nitrogens with zero attached hydrogens (tertiary/aromatic N) is 1. The van der Waals surface area contributed by atoms with E-state index < -0.39 is 11.7 Å². The summed E-state index contributed by atoms with van der Waals surface area (Å²) in [5.74, 6) is -1.21. The molecule has 3 N–H and O–H groups in total. The number of hydrogen-bond acceptors (Lipinski definition) is 5. The maximum atomic E-state index is 13.4. The Morgan fingerprint density at radius 1 is 1.31 bits per heavy atom. The fourth-order valence-electron chi connectivity index (χ4n) is 3.50. The fraction of sp³-hybridized carbons (Fsp3) is 0.389. The van der Waals surface area contributed by atoms with E-state index in [0.29, 0.717) is 22.3 Å². The van der Waals surface area contributed by atoms with Crippen LogP contribution in [0.5, 0.6) is 0 Å². The molecule has 6 nitrogen and oxygen atoms in total. The zero-order chi connectivity index (χ0) is 18.1. The van der Waals surface area contributed by atoms with E-state index in [2.05, 4.69) is 20.9 Å². The van der Waals surface area contributed by atoms with Crippen LogP contribution in [0, 0.1) is 5.82 Å². The molecule has 136 valence electrons. The van der Waals surface area contributed by atoms with Crippen molar-refractivity contribution in [1.29, 1.82) is 0 Å². The first-order valence-electron chi connectivity index (χ1n) is 8.67. The molecular weight excluding hydrogens is 355 g/mol. The van der Waals surface area contributed by atoms with Gasteiger partial charge in [0, 0.05) is 23.2 Å². The van der Waals surface area contributed by atoms with Gasteiger partial charge >= 0.3 is 0 Å². The molecule has 2 aliphatic heterocycles. The van der Waals surface area contributed by atoms with Gasteiger partial charge in [-0.25, -0.2) is 9.37 Å². The Bertz CT molecular complexity index is 847. The molecule has 2 aliphatic rings. The van der Waals surface area contributed by atoms with Crippen molar-refractivity contribution < 1.29 is 14.0 Å². The highest BCUT2D eigenvalue weighted by molar-refractivity contribution is 7.15. The first kappa shape index (κ1) is 17.1. The molecule has 2 aromatic rings. The van der Waals surface area contributed by atoms with Crippen LogP contribution in [0.3, 0.4) is 0 Å². The number of amides is 2. The second-order valence-electron chi connectivity index (χ2n) is 6.62. The molecule has 0 bridgehead atoms. The Morgan fingerprint density at radius 3 is 2.92 bits per heavy atom. The van der Waals surface area contributed by atoms with Crippen LogP contribution in [0.4, 0.5) is 15.2 Å². The van der Waals surface area contributed by atoms with Crippen molar-refractivity contribution in [2.75, 3.05) is 23.7 Å². The van der Waals surface area contributed by atoms with Gasteiger partial charge in [0.2, 0.25) is 11.8 Å². The van der Waals surface area contributed by atoms with E-state index in [0.717, 1.165) is 25.9 Å². The molecule has 0 radical (unpaired) electrons. The third-order valence-corrected chi connectivity index (χ3v) is 5.94. The number of piperidine rings is 1. The topological polar surface area (TPSA) is 83.1 Å². The average molecular weight is 374 g/mol. The van der Waals surface area contributed by atoms with Gasteiger partial charge in [0.25, 0.3) is 0 Å². The Hall–Kier alpha value is -2.32. The summed E-state index contributed by atoms with van der Waals surface area (Å²) in [6.07, 6.45) is 4.00. The summed E-state index contributed by atoms with van der Waals surface area (Å²) in [6, 6.07) is 4.09. The van der Waals surface area contributed by atoms with Crippen LogP contribution >= 0.6 is 11.3 Å². The van der Waals surface area contributed by atoms with Gasteiger partial charge in [-0.15, -0.1) is 11.3 Å². The molecule has 0 spiro atoms. The number of carbonyl (C=O) groups excluding carboxylic acids is 2. The van der Waals surface area contributed by atoms with Crippen molar-refractivity contribution in [2.45, 2.75) is 31.1 Å². The highest BCUT2D eigenvalue weighted by Crippen LogP contribution is 2.35. The van der Waals surface area contributed by atoms with Gasteiger partial charge < -0.3 is 16.0 Å². The number of hydrogen-bond donors (Lipinski definition) is 3. The lowest BCUT2D eigenvalue weighted by molar-refractivity contribution is -0.123. The Balaban J connectivity index is 1.50. The summed E-state index contributed by atoms with van der Waals surface area (Å²) in [5, 5.41) is 9.32. The van der Waals surface area contributed by atoms with E-state index in [1.54, 1.807) is 6.07 Å². The lowest BCUT2D eigenvalue weighted by Gasteiger charge is -2.24. The number of thiazole rings is 1. The molecule has 2 amide bonds. The largest absolute Gasteiger partial charge is 0.326 e. The summed E-state index contributed by atoms with van der Waals surface area (Å²) in [5.41, 5.74) is 0.981. The molecule has 0 saturated carbocycles. The Labute approximate surface area is 154 Å². The minimum atomic E-state index is -0.648. The van der Waals surface area contributed by atoms with Crippen molar-refractivity contribution in [3.8, 4) is 0 Å². The van der Waals surface area contributed by atoms with Crippen molar-refractivity contribution in [3.05, 3.63) is 40.7 Å². The molecule has 1 aromatic carbocycles. The third kappa shape index (κ3) is 3.47. The summed E-state index contributed by atoms with van der Waals surface area (Å²) in [4.78, 5) is 30.1. The van der Waals surface area contributed by atoms with Crippen LogP contribution < -0.4 is 16.0 Å². The number of fused-ring (bicyclic) bond motifs is 1. The van der Waals surface area contributed by atoms with E-state index in [1.807, 2.05) is 6.20 Å². The molecule has 3 heterocycles.